The van der Waals surface area contributed by atoms with Gasteiger partial charge in [0, 0.05) is 6.42 Å². The molecule has 1 nitrogen and oxygen atoms in total. The highest BCUT2D eigenvalue weighted by atomic mass is 16.1. The zero-order valence-electron chi connectivity index (χ0n) is 10.8. The van der Waals surface area contributed by atoms with Crippen LogP contribution in [0.4, 0.5) is 0 Å². The third kappa shape index (κ3) is 3.48. The van der Waals surface area contributed by atoms with E-state index in [1.807, 2.05) is 18.2 Å². The summed E-state index contributed by atoms with van der Waals surface area (Å²) in [6.45, 7) is 8.85. The van der Waals surface area contributed by atoms with E-state index in [-0.39, 0.29) is 10.8 Å². The summed E-state index contributed by atoms with van der Waals surface area (Å²) in [5.74, 6) is 0. The van der Waals surface area contributed by atoms with Gasteiger partial charge in [-0.2, -0.15) is 0 Å². The van der Waals surface area contributed by atoms with E-state index < -0.39 is 0 Å². The standard InChI is InChI=1S/C15H22O/c1-14(2,3)12-15(4,10-11-16)13-8-6-5-7-9-13/h5-9,11H,10,12H2,1-4H3. The molecule has 1 atom stereocenters. The summed E-state index contributed by atoms with van der Waals surface area (Å²) in [6, 6.07) is 10.3. The van der Waals surface area contributed by atoms with Crippen molar-refractivity contribution in [3.63, 3.8) is 0 Å². The quantitative estimate of drug-likeness (QED) is 0.699. The molecule has 0 amide bonds. The molecule has 0 aliphatic heterocycles. The lowest BCUT2D eigenvalue weighted by atomic mass is 9.69. The first kappa shape index (κ1) is 13.0. The highest BCUT2D eigenvalue weighted by molar-refractivity contribution is 5.53. The van der Waals surface area contributed by atoms with Crippen LogP contribution in [0.15, 0.2) is 30.3 Å². The van der Waals surface area contributed by atoms with Crippen molar-refractivity contribution in [3.05, 3.63) is 35.9 Å². The van der Waals surface area contributed by atoms with E-state index in [1.165, 1.54) is 5.56 Å². The second-order valence-corrected chi connectivity index (χ2v) is 6.03. The van der Waals surface area contributed by atoms with Crippen molar-refractivity contribution < 1.29 is 4.79 Å². The summed E-state index contributed by atoms with van der Waals surface area (Å²) in [5, 5.41) is 0. The Hall–Kier alpha value is -1.11. The minimum Gasteiger partial charge on any atom is -0.303 e. The Balaban J connectivity index is 3.02. The lowest BCUT2D eigenvalue weighted by Crippen LogP contribution is -2.28. The monoisotopic (exact) mass is 218 g/mol. The molecule has 1 rings (SSSR count). The van der Waals surface area contributed by atoms with Crippen LogP contribution in [0, 0.1) is 5.41 Å². The van der Waals surface area contributed by atoms with Crippen molar-refractivity contribution in [2.75, 3.05) is 0 Å². The van der Waals surface area contributed by atoms with Gasteiger partial charge < -0.3 is 4.79 Å². The number of hydrogen-bond acceptors (Lipinski definition) is 1. The van der Waals surface area contributed by atoms with Crippen molar-refractivity contribution in [2.24, 2.45) is 5.41 Å². The molecule has 16 heavy (non-hydrogen) atoms. The van der Waals surface area contributed by atoms with Crippen molar-refractivity contribution in [1.82, 2.24) is 0 Å². The summed E-state index contributed by atoms with van der Waals surface area (Å²) in [6.07, 6.45) is 2.65. The van der Waals surface area contributed by atoms with Gasteiger partial charge in [0.1, 0.15) is 6.29 Å². The number of hydrogen-bond donors (Lipinski definition) is 0. The molecule has 0 radical (unpaired) electrons. The van der Waals surface area contributed by atoms with Crippen molar-refractivity contribution in [1.29, 1.82) is 0 Å². The number of rotatable bonds is 4. The van der Waals surface area contributed by atoms with Crippen LogP contribution in [0.5, 0.6) is 0 Å². The predicted molar refractivity (Wildman–Crippen MR) is 68.5 cm³/mol. The summed E-state index contributed by atoms with van der Waals surface area (Å²) in [7, 11) is 0. The smallest absolute Gasteiger partial charge is 0.120 e. The number of carbonyl (C=O) groups is 1. The summed E-state index contributed by atoms with van der Waals surface area (Å²) >= 11 is 0. The zero-order chi connectivity index (χ0) is 12.2. The summed E-state index contributed by atoms with van der Waals surface area (Å²) in [5.41, 5.74) is 1.45. The second-order valence-electron chi connectivity index (χ2n) is 6.03. The molecule has 0 aliphatic rings. The molecule has 0 aromatic heterocycles. The van der Waals surface area contributed by atoms with Crippen LogP contribution in [-0.4, -0.2) is 6.29 Å². The first-order valence-electron chi connectivity index (χ1n) is 5.87. The molecule has 0 fully saturated rings. The molecule has 1 aromatic carbocycles. The van der Waals surface area contributed by atoms with E-state index in [0.717, 1.165) is 12.7 Å². The van der Waals surface area contributed by atoms with Crippen LogP contribution < -0.4 is 0 Å². The van der Waals surface area contributed by atoms with Gasteiger partial charge in [-0.15, -0.1) is 0 Å². The molecule has 0 saturated heterocycles. The number of aldehydes is 1. The third-order valence-electron chi connectivity index (χ3n) is 2.93. The van der Waals surface area contributed by atoms with Gasteiger partial charge in [0.15, 0.2) is 0 Å². The van der Waals surface area contributed by atoms with E-state index in [4.69, 9.17) is 0 Å². The molecule has 0 aliphatic carbocycles. The molecular formula is C15H22O. The molecule has 0 saturated carbocycles. The normalized spacial score (nSPS) is 15.5. The van der Waals surface area contributed by atoms with Crippen LogP contribution in [0.25, 0.3) is 0 Å². The molecule has 1 heteroatoms. The Labute approximate surface area is 98.9 Å². The number of benzene rings is 1. The van der Waals surface area contributed by atoms with E-state index in [9.17, 15) is 4.79 Å². The third-order valence-corrected chi connectivity index (χ3v) is 2.93. The fraction of sp³-hybridized carbons (Fsp3) is 0.533. The molecule has 1 aromatic rings. The Bertz CT molecular complexity index is 334. The van der Waals surface area contributed by atoms with Gasteiger partial charge in [-0.25, -0.2) is 0 Å². The van der Waals surface area contributed by atoms with Gasteiger partial charge in [-0.1, -0.05) is 58.0 Å². The Morgan fingerprint density at radius 3 is 2.06 bits per heavy atom. The molecule has 0 heterocycles. The first-order chi connectivity index (χ1) is 7.37. The van der Waals surface area contributed by atoms with Gasteiger partial charge >= 0.3 is 0 Å². The van der Waals surface area contributed by atoms with Gasteiger partial charge in [0.25, 0.3) is 0 Å². The maximum atomic E-state index is 10.9. The van der Waals surface area contributed by atoms with E-state index >= 15 is 0 Å². The van der Waals surface area contributed by atoms with Crippen molar-refractivity contribution >= 4 is 6.29 Å². The zero-order valence-corrected chi connectivity index (χ0v) is 10.8. The molecule has 0 bridgehead atoms. The molecule has 88 valence electrons. The van der Waals surface area contributed by atoms with E-state index in [1.54, 1.807) is 0 Å². The van der Waals surface area contributed by atoms with Gasteiger partial charge in [-0.3, -0.25) is 0 Å². The van der Waals surface area contributed by atoms with Crippen molar-refractivity contribution in [3.8, 4) is 0 Å². The Morgan fingerprint density at radius 2 is 1.62 bits per heavy atom. The Kier molecular flexibility index (Phi) is 3.90. The lowest BCUT2D eigenvalue weighted by Gasteiger charge is -2.35. The SMILES string of the molecule is CC(C)(C)CC(C)(CC=O)c1ccccc1. The highest BCUT2D eigenvalue weighted by Crippen LogP contribution is 2.38. The summed E-state index contributed by atoms with van der Waals surface area (Å²) in [4.78, 5) is 10.9. The van der Waals surface area contributed by atoms with E-state index in [0.29, 0.717) is 6.42 Å². The first-order valence-corrected chi connectivity index (χ1v) is 5.87. The average molecular weight is 218 g/mol. The fourth-order valence-electron chi connectivity index (χ4n) is 2.49. The van der Waals surface area contributed by atoms with Gasteiger partial charge in [-0.05, 0) is 22.8 Å². The number of carbonyl (C=O) groups excluding carboxylic acids is 1. The predicted octanol–water partition coefficient (Wildman–Crippen LogP) is 3.97. The largest absolute Gasteiger partial charge is 0.303 e. The highest BCUT2D eigenvalue weighted by Gasteiger charge is 2.31. The minimum atomic E-state index is -0.0404. The van der Waals surface area contributed by atoms with Crippen LogP contribution in [0.1, 0.15) is 46.1 Å². The average Bonchev–Trinajstić information content (AvgIpc) is 2.16. The van der Waals surface area contributed by atoms with Crippen LogP contribution in [0.3, 0.4) is 0 Å². The molecular weight excluding hydrogens is 196 g/mol. The Morgan fingerprint density at radius 1 is 1.06 bits per heavy atom. The molecule has 0 N–H and O–H groups in total. The summed E-state index contributed by atoms with van der Waals surface area (Å²) < 4.78 is 0. The van der Waals surface area contributed by atoms with Crippen molar-refractivity contribution in [2.45, 2.75) is 46.0 Å². The maximum absolute atomic E-state index is 10.9. The van der Waals surface area contributed by atoms with Crippen LogP contribution in [-0.2, 0) is 10.2 Å². The molecule has 1 unspecified atom stereocenters. The molecule has 0 spiro atoms. The van der Waals surface area contributed by atoms with Gasteiger partial charge in [0.05, 0.1) is 0 Å². The van der Waals surface area contributed by atoms with Crippen LogP contribution in [0.2, 0.25) is 0 Å². The lowest BCUT2D eigenvalue weighted by molar-refractivity contribution is -0.109. The van der Waals surface area contributed by atoms with Crippen LogP contribution >= 0.6 is 0 Å². The maximum Gasteiger partial charge on any atom is 0.120 e. The minimum absolute atomic E-state index is 0.0404. The topological polar surface area (TPSA) is 17.1 Å². The van der Waals surface area contributed by atoms with Gasteiger partial charge in [0.2, 0.25) is 0 Å². The second kappa shape index (κ2) is 4.82. The fourth-order valence-corrected chi connectivity index (χ4v) is 2.49. The van der Waals surface area contributed by atoms with E-state index in [2.05, 4.69) is 39.8 Å².